The van der Waals surface area contributed by atoms with Crippen LogP contribution in [0.3, 0.4) is 0 Å². The van der Waals surface area contributed by atoms with E-state index in [2.05, 4.69) is 15.9 Å². The number of methoxy groups -OCH3 is 1. The van der Waals surface area contributed by atoms with Gasteiger partial charge < -0.3 is 4.74 Å². The Morgan fingerprint density at radius 1 is 1.26 bits per heavy atom. The minimum atomic E-state index is 0.277. The number of thiophene rings is 1. The van der Waals surface area contributed by atoms with Crippen LogP contribution in [0.5, 0.6) is 5.75 Å². The molecule has 2 aromatic rings. The second kappa shape index (κ2) is 6.87. The molecule has 0 N–H and O–H groups in total. The number of hydrogen-bond donors (Lipinski definition) is 0. The van der Waals surface area contributed by atoms with Crippen molar-refractivity contribution >= 4 is 33.0 Å². The molecule has 0 atom stereocenters. The predicted molar refractivity (Wildman–Crippen MR) is 82.0 cm³/mol. The first-order chi connectivity index (χ1) is 9.19. The van der Waals surface area contributed by atoms with Gasteiger partial charge >= 0.3 is 0 Å². The molecule has 0 saturated carbocycles. The average molecular weight is 339 g/mol. The van der Waals surface area contributed by atoms with E-state index in [1.807, 2.05) is 35.7 Å². The molecule has 0 unspecified atom stereocenters. The Morgan fingerprint density at radius 2 is 2.00 bits per heavy atom. The first-order valence-corrected chi connectivity index (χ1v) is 7.73. The van der Waals surface area contributed by atoms with Crippen molar-refractivity contribution in [3.05, 3.63) is 50.6 Å². The van der Waals surface area contributed by atoms with Crippen LogP contribution in [0.4, 0.5) is 0 Å². The van der Waals surface area contributed by atoms with Crippen molar-refractivity contribution in [3.63, 3.8) is 0 Å². The molecule has 0 radical (unpaired) electrons. The standard InChI is InChI=1S/C15H15BrO2S/c1-18-13-6-3-11(4-7-13)2-5-12(17)10-15-14(16)8-9-19-15/h3-4,6-9H,2,5,10H2,1H3. The second-order valence-electron chi connectivity index (χ2n) is 4.26. The van der Waals surface area contributed by atoms with Gasteiger partial charge in [0.15, 0.2) is 0 Å². The zero-order valence-electron chi connectivity index (χ0n) is 10.7. The highest BCUT2D eigenvalue weighted by atomic mass is 79.9. The van der Waals surface area contributed by atoms with Crippen LogP contribution >= 0.6 is 27.3 Å². The number of aryl methyl sites for hydroxylation is 1. The SMILES string of the molecule is COc1ccc(CCC(=O)Cc2sccc2Br)cc1. The molecule has 2 rings (SSSR count). The summed E-state index contributed by atoms with van der Waals surface area (Å²) in [4.78, 5) is 13.0. The lowest BCUT2D eigenvalue weighted by Crippen LogP contribution is -2.03. The van der Waals surface area contributed by atoms with Crippen LogP contribution in [0.25, 0.3) is 0 Å². The van der Waals surface area contributed by atoms with Crippen LogP contribution in [0.15, 0.2) is 40.2 Å². The van der Waals surface area contributed by atoms with Gasteiger partial charge in [-0.05, 0) is 51.5 Å². The Bertz CT molecular complexity index is 546. The number of carbonyl (C=O) groups excluding carboxylic acids is 1. The monoisotopic (exact) mass is 338 g/mol. The first-order valence-electron chi connectivity index (χ1n) is 6.05. The van der Waals surface area contributed by atoms with E-state index in [0.717, 1.165) is 21.5 Å². The third-order valence-corrected chi connectivity index (χ3v) is 4.83. The van der Waals surface area contributed by atoms with Crippen LogP contribution < -0.4 is 4.74 Å². The fourth-order valence-corrected chi connectivity index (χ4v) is 3.32. The van der Waals surface area contributed by atoms with Gasteiger partial charge in [-0.1, -0.05) is 12.1 Å². The molecule has 2 nitrogen and oxygen atoms in total. The predicted octanol–water partition coefficient (Wildman–Crippen LogP) is 4.26. The van der Waals surface area contributed by atoms with Gasteiger partial charge in [-0.25, -0.2) is 0 Å². The van der Waals surface area contributed by atoms with Crippen molar-refractivity contribution in [2.24, 2.45) is 0 Å². The van der Waals surface area contributed by atoms with Crippen molar-refractivity contribution in [3.8, 4) is 5.75 Å². The molecule has 0 aliphatic heterocycles. The number of halogens is 1. The van der Waals surface area contributed by atoms with Gasteiger partial charge in [0, 0.05) is 22.2 Å². The van der Waals surface area contributed by atoms with Gasteiger partial charge in [0.05, 0.1) is 7.11 Å². The van der Waals surface area contributed by atoms with E-state index in [9.17, 15) is 4.79 Å². The summed E-state index contributed by atoms with van der Waals surface area (Å²) in [6, 6.07) is 9.85. The van der Waals surface area contributed by atoms with Crippen molar-refractivity contribution < 1.29 is 9.53 Å². The van der Waals surface area contributed by atoms with Gasteiger partial charge in [-0.3, -0.25) is 4.79 Å². The minimum Gasteiger partial charge on any atom is -0.497 e. The highest BCUT2D eigenvalue weighted by Crippen LogP contribution is 2.23. The third-order valence-electron chi connectivity index (χ3n) is 2.90. The maximum Gasteiger partial charge on any atom is 0.138 e. The first kappa shape index (κ1) is 14.3. The molecule has 0 aliphatic rings. The molecule has 0 aliphatic carbocycles. The van der Waals surface area contributed by atoms with Crippen LogP contribution in [-0.4, -0.2) is 12.9 Å². The fraction of sp³-hybridized carbons (Fsp3) is 0.267. The Morgan fingerprint density at radius 3 is 2.58 bits per heavy atom. The zero-order chi connectivity index (χ0) is 13.7. The van der Waals surface area contributed by atoms with E-state index in [1.165, 1.54) is 5.56 Å². The molecule has 19 heavy (non-hydrogen) atoms. The summed E-state index contributed by atoms with van der Waals surface area (Å²) < 4.78 is 6.14. The van der Waals surface area contributed by atoms with Crippen molar-refractivity contribution in [2.75, 3.05) is 7.11 Å². The number of Topliss-reactive ketones (excluding diaryl/α,β-unsaturated/α-hetero) is 1. The Hall–Kier alpha value is -1.13. The maximum atomic E-state index is 11.9. The molecule has 1 aromatic heterocycles. The number of carbonyl (C=O) groups is 1. The molecule has 1 heterocycles. The number of rotatable bonds is 6. The Labute approximate surface area is 125 Å². The van der Waals surface area contributed by atoms with Crippen molar-refractivity contribution in [2.45, 2.75) is 19.3 Å². The van der Waals surface area contributed by atoms with Crippen LogP contribution in [0.2, 0.25) is 0 Å². The van der Waals surface area contributed by atoms with Crippen LogP contribution in [0, 0.1) is 0 Å². The number of ether oxygens (including phenoxy) is 1. The summed E-state index contributed by atoms with van der Waals surface area (Å²) >= 11 is 5.07. The summed E-state index contributed by atoms with van der Waals surface area (Å²) in [5.74, 6) is 1.12. The van der Waals surface area contributed by atoms with E-state index in [4.69, 9.17) is 4.74 Å². The largest absolute Gasteiger partial charge is 0.497 e. The molecule has 100 valence electrons. The minimum absolute atomic E-state index is 0.277. The quantitative estimate of drug-likeness (QED) is 0.786. The fourth-order valence-electron chi connectivity index (χ4n) is 1.79. The number of benzene rings is 1. The lowest BCUT2D eigenvalue weighted by molar-refractivity contribution is -0.118. The van der Waals surface area contributed by atoms with E-state index < -0.39 is 0 Å². The lowest BCUT2D eigenvalue weighted by Gasteiger charge is -2.03. The summed E-state index contributed by atoms with van der Waals surface area (Å²) in [6.45, 7) is 0. The molecule has 4 heteroatoms. The van der Waals surface area contributed by atoms with Gasteiger partial charge in [-0.15, -0.1) is 11.3 Å². The number of ketones is 1. The van der Waals surface area contributed by atoms with Crippen molar-refractivity contribution in [1.82, 2.24) is 0 Å². The molecule has 0 fully saturated rings. The van der Waals surface area contributed by atoms with Crippen LogP contribution in [0.1, 0.15) is 16.9 Å². The molecule has 0 spiro atoms. The van der Waals surface area contributed by atoms with Crippen molar-refractivity contribution in [1.29, 1.82) is 0 Å². The summed E-state index contributed by atoms with van der Waals surface area (Å²) in [5.41, 5.74) is 1.17. The molecular weight excluding hydrogens is 324 g/mol. The number of hydrogen-bond acceptors (Lipinski definition) is 3. The molecular formula is C15H15BrO2S. The highest BCUT2D eigenvalue weighted by Gasteiger charge is 2.08. The average Bonchev–Trinajstić information content (AvgIpc) is 2.82. The molecule has 0 saturated heterocycles. The maximum absolute atomic E-state index is 11.9. The van der Waals surface area contributed by atoms with E-state index in [0.29, 0.717) is 12.8 Å². The highest BCUT2D eigenvalue weighted by molar-refractivity contribution is 9.10. The van der Waals surface area contributed by atoms with Gasteiger partial charge in [0.2, 0.25) is 0 Å². The Kier molecular flexibility index (Phi) is 5.16. The van der Waals surface area contributed by atoms with E-state index in [-0.39, 0.29) is 5.78 Å². The van der Waals surface area contributed by atoms with Gasteiger partial charge in [0.1, 0.15) is 11.5 Å². The molecule has 0 bridgehead atoms. The van der Waals surface area contributed by atoms with Gasteiger partial charge in [-0.2, -0.15) is 0 Å². The summed E-state index contributed by atoms with van der Waals surface area (Å²) in [7, 11) is 1.65. The normalized spacial score (nSPS) is 10.4. The second-order valence-corrected chi connectivity index (χ2v) is 6.11. The summed E-state index contributed by atoms with van der Waals surface area (Å²) in [5, 5.41) is 2.00. The third kappa shape index (κ3) is 4.18. The van der Waals surface area contributed by atoms with E-state index >= 15 is 0 Å². The van der Waals surface area contributed by atoms with Crippen LogP contribution in [-0.2, 0) is 17.6 Å². The molecule has 1 aromatic carbocycles. The lowest BCUT2D eigenvalue weighted by atomic mass is 10.1. The smallest absolute Gasteiger partial charge is 0.138 e. The van der Waals surface area contributed by atoms with E-state index in [1.54, 1.807) is 18.4 Å². The zero-order valence-corrected chi connectivity index (χ0v) is 13.1. The topological polar surface area (TPSA) is 26.3 Å². The summed E-state index contributed by atoms with van der Waals surface area (Å²) in [6.07, 6.45) is 1.89. The molecule has 0 amide bonds. The van der Waals surface area contributed by atoms with Gasteiger partial charge in [0.25, 0.3) is 0 Å². The Balaban J connectivity index is 1.84.